The monoisotopic (exact) mass is 601 g/mol. The number of carbonyl (C=O) groups excluding carboxylic acids is 2. The molecule has 0 radical (unpaired) electrons. The van der Waals surface area contributed by atoms with Gasteiger partial charge in [0.25, 0.3) is 5.91 Å². The molecule has 7 heteroatoms. The lowest BCUT2D eigenvalue weighted by Gasteiger charge is -2.32. The fourth-order valence-corrected chi connectivity index (χ4v) is 7.98. The van der Waals surface area contributed by atoms with E-state index in [9.17, 15) is 9.59 Å². The maximum atomic E-state index is 13.7. The van der Waals surface area contributed by atoms with Crippen LogP contribution in [-0.4, -0.2) is 60.6 Å². The average molecular weight is 602 g/mol. The number of nitrogens with zero attached hydrogens (tertiary/aromatic N) is 2. The maximum absolute atomic E-state index is 13.7. The third-order valence-electron chi connectivity index (χ3n) is 9.17. The summed E-state index contributed by atoms with van der Waals surface area (Å²) >= 11 is 8.44. The highest BCUT2D eigenvalue weighted by atomic mass is 35.5. The number of halogens is 1. The van der Waals surface area contributed by atoms with Crippen molar-refractivity contribution in [2.24, 2.45) is 17.8 Å². The molecule has 2 amide bonds. The molecule has 0 bridgehead atoms. The van der Waals surface area contributed by atoms with E-state index in [-0.39, 0.29) is 29.0 Å². The van der Waals surface area contributed by atoms with Crippen molar-refractivity contribution in [3.63, 3.8) is 0 Å². The summed E-state index contributed by atoms with van der Waals surface area (Å²) in [5, 5.41) is 5.20. The van der Waals surface area contributed by atoms with E-state index < -0.39 is 0 Å². The highest BCUT2D eigenvalue weighted by molar-refractivity contribution is 8.02. The molecule has 4 aliphatic rings. The predicted molar refractivity (Wildman–Crippen MR) is 175 cm³/mol. The summed E-state index contributed by atoms with van der Waals surface area (Å²) in [6, 6.07) is 16.7. The minimum Gasteiger partial charge on any atom is -0.351 e. The molecule has 0 aromatic heterocycles. The summed E-state index contributed by atoms with van der Waals surface area (Å²) in [5.74, 6) is 2.01. The second kappa shape index (κ2) is 13.7. The van der Waals surface area contributed by atoms with Crippen LogP contribution in [0.3, 0.4) is 0 Å². The Kier molecular flexibility index (Phi) is 9.53. The minimum atomic E-state index is -0.165. The van der Waals surface area contributed by atoms with Gasteiger partial charge in [0.15, 0.2) is 0 Å². The van der Waals surface area contributed by atoms with Crippen LogP contribution in [0.2, 0.25) is 0 Å². The molecule has 1 saturated heterocycles. The molecule has 1 N–H and O–H groups in total. The van der Waals surface area contributed by atoms with Gasteiger partial charge >= 0.3 is 0 Å². The van der Waals surface area contributed by atoms with Crippen molar-refractivity contribution < 1.29 is 9.59 Å². The topological polar surface area (TPSA) is 52.7 Å². The Bertz CT molecular complexity index is 1370. The van der Waals surface area contributed by atoms with Gasteiger partial charge in [-0.2, -0.15) is 0 Å². The number of carbonyl (C=O) groups is 2. The number of benzene rings is 2. The number of thioether (sulfide) groups is 1. The van der Waals surface area contributed by atoms with Crippen LogP contribution < -0.4 is 10.2 Å². The third kappa shape index (κ3) is 6.88. The number of fused-ring (bicyclic) bond motifs is 3. The molecule has 42 heavy (non-hydrogen) atoms. The lowest BCUT2D eigenvalue weighted by Crippen LogP contribution is -2.40. The third-order valence-corrected chi connectivity index (χ3v) is 10.5. The molecule has 5 nitrogen and oxygen atoms in total. The molecule has 3 atom stereocenters. The zero-order valence-corrected chi connectivity index (χ0v) is 25.7. The van der Waals surface area contributed by atoms with Gasteiger partial charge in [-0.15, -0.1) is 23.4 Å². The van der Waals surface area contributed by atoms with E-state index >= 15 is 0 Å². The lowest BCUT2D eigenvalue weighted by molar-refractivity contribution is -0.119. The molecule has 2 aromatic carbocycles. The summed E-state index contributed by atoms with van der Waals surface area (Å²) < 4.78 is 0. The zero-order chi connectivity index (χ0) is 28.9. The predicted octanol–water partition coefficient (Wildman–Crippen LogP) is 6.55. The molecule has 2 unspecified atom stereocenters. The number of hydrogen-bond acceptors (Lipinski definition) is 4. The van der Waals surface area contributed by atoms with Gasteiger partial charge < -0.3 is 15.1 Å². The Balaban J connectivity index is 1.10. The van der Waals surface area contributed by atoms with E-state index in [0.717, 1.165) is 55.4 Å². The second-order valence-electron chi connectivity index (χ2n) is 12.0. The lowest BCUT2D eigenvalue weighted by atomic mass is 9.89. The molecule has 1 fully saturated rings. The minimum absolute atomic E-state index is 0.0197. The molecular weight excluding hydrogens is 562 g/mol. The van der Waals surface area contributed by atoms with Crippen LogP contribution in [-0.2, 0) is 11.2 Å². The summed E-state index contributed by atoms with van der Waals surface area (Å²) in [4.78, 5) is 31.3. The quantitative estimate of drug-likeness (QED) is 0.349. The maximum Gasteiger partial charge on any atom is 0.251 e. The van der Waals surface area contributed by atoms with Gasteiger partial charge in [-0.1, -0.05) is 60.7 Å². The Morgan fingerprint density at radius 2 is 1.83 bits per heavy atom. The number of rotatable bonds is 8. The molecule has 3 heterocycles. The van der Waals surface area contributed by atoms with Crippen molar-refractivity contribution in [1.29, 1.82) is 0 Å². The Morgan fingerprint density at radius 3 is 2.64 bits per heavy atom. The molecule has 0 spiro atoms. The van der Waals surface area contributed by atoms with E-state index in [2.05, 4.69) is 52.0 Å². The van der Waals surface area contributed by atoms with Crippen molar-refractivity contribution in [3.05, 3.63) is 94.9 Å². The van der Waals surface area contributed by atoms with Crippen molar-refractivity contribution in [1.82, 2.24) is 10.2 Å². The van der Waals surface area contributed by atoms with Gasteiger partial charge in [-0.3, -0.25) is 9.59 Å². The van der Waals surface area contributed by atoms with Crippen LogP contribution in [0.5, 0.6) is 0 Å². The number of piperidine rings is 1. The first-order chi connectivity index (χ1) is 20.5. The van der Waals surface area contributed by atoms with E-state index in [0.29, 0.717) is 25.1 Å². The molecular formula is C35H40ClN3O2S. The number of hydrogen-bond donors (Lipinski definition) is 1. The average Bonchev–Trinajstić information content (AvgIpc) is 3.13. The zero-order valence-electron chi connectivity index (χ0n) is 24.1. The van der Waals surface area contributed by atoms with E-state index in [1.54, 1.807) is 0 Å². The highest BCUT2D eigenvalue weighted by Crippen LogP contribution is 2.44. The molecule has 220 valence electrons. The Hall–Kier alpha value is -2.80. The number of alkyl halides is 1. The molecule has 1 aliphatic carbocycles. The fraction of sp³-hybridized carbons (Fsp3) is 0.429. The van der Waals surface area contributed by atoms with Gasteiger partial charge in [-0.05, 0) is 85.0 Å². The van der Waals surface area contributed by atoms with Crippen LogP contribution in [0.15, 0.2) is 78.2 Å². The number of nitrogens with one attached hydrogen (secondary N) is 1. The van der Waals surface area contributed by atoms with Crippen molar-refractivity contribution in [2.75, 3.05) is 43.4 Å². The van der Waals surface area contributed by atoms with Crippen molar-refractivity contribution in [3.8, 4) is 0 Å². The van der Waals surface area contributed by atoms with E-state index in [4.69, 9.17) is 11.6 Å². The van der Waals surface area contributed by atoms with Gasteiger partial charge in [0.1, 0.15) is 0 Å². The first kappa shape index (κ1) is 29.3. The number of anilines is 1. The van der Waals surface area contributed by atoms with Crippen LogP contribution in [0.1, 0.15) is 47.2 Å². The Morgan fingerprint density at radius 1 is 1.02 bits per heavy atom. The summed E-state index contributed by atoms with van der Waals surface area (Å²) in [5.41, 5.74) is 5.14. The van der Waals surface area contributed by atoms with Crippen LogP contribution in [0.25, 0.3) is 5.57 Å². The number of allylic oxidation sites excluding steroid dienone is 4. The van der Waals surface area contributed by atoms with Crippen LogP contribution >= 0.6 is 23.4 Å². The van der Waals surface area contributed by atoms with E-state index in [1.807, 2.05) is 53.1 Å². The molecule has 6 rings (SSSR count). The van der Waals surface area contributed by atoms with Gasteiger partial charge in [-0.25, -0.2) is 0 Å². The second-order valence-corrected chi connectivity index (χ2v) is 13.5. The van der Waals surface area contributed by atoms with Crippen molar-refractivity contribution in [2.45, 2.75) is 37.5 Å². The molecule has 0 saturated carbocycles. The fourth-order valence-electron chi connectivity index (χ4n) is 6.69. The normalized spacial score (nSPS) is 24.5. The van der Waals surface area contributed by atoms with Crippen LogP contribution in [0.4, 0.5) is 5.69 Å². The smallest absolute Gasteiger partial charge is 0.251 e. The van der Waals surface area contributed by atoms with Gasteiger partial charge in [0, 0.05) is 43.1 Å². The number of amides is 2. The van der Waals surface area contributed by atoms with E-state index in [1.165, 1.54) is 24.0 Å². The van der Waals surface area contributed by atoms with Crippen molar-refractivity contribution >= 4 is 46.4 Å². The largest absolute Gasteiger partial charge is 0.351 e. The standard InChI is InChI=1S/C35H40ClN3O2S/c36-32-9-5-4-8-29(32)23-39-33-21-28(10-11-30(33)31-24-42-19-14-27(31)22-34(39)40)35(41)37-15-18-38-16-12-26(13-17-38)20-25-6-2-1-3-7-25/h1-11,21,24,26-27,29,32H,12-20,22-23H2,(H,37,41)/t27-,29?,32?/m0/s1. The molecule has 3 aliphatic heterocycles. The van der Waals surface area contributed by atoms with Crippen LogP contribution in [0, 0.1) is 17.8 Å². The summed E-state index contributed by atoms with van der Waals surface area (Å²) in [6.07, 6.45) is 13.0. The number of likely N-dealkylation sites (tertiary alicyclic amines) is 1. The van der Waals surface area contributed by atoms with Gasteiger partial charge in [0.2, 0.25) is 5.91 Å². The SMILES string of the molecule is O=C(NCCN1CCC(Cc2ccccc2)CC1)c1ccc2c(c1)N(CC1C=CC=CC1Cl)C(=O)C[C@@H]1CCSC=C21. The summed E-state index contributed by atoms with van der Waals surface area (Å²) in [7, 11) is 0. The Labute approximate surface area is 259 Å². The first-order valence-electron chi connectivity index (χ1n) is 15.3. The first-order valence-corrected chi connectivity index (χ1v) is 16.8. The summed E-state index contributed by atoms with van der Waals surface area (Å²) in [6.45, 7) is 4.11. The van der Waals surface area contributed by atoms with Gasteiger partial charge in [0.05, 0.1) is 11.1 Å². The highest BCUT2D eigenvalue weighted by Gasteiger charge is 2.34. The molecule has 2 aromatic rings.